The lowest BCUT2D eigenvalue weighted by Gasteiger charge is -2.04. The van der Waals surface area contributed by atoms with Crippen LogP contribution in [0.3, 0.4) is 0 Å². The number of hydrogen-bond acceptors (Lipinski definition) is 4. The lowest BCUT2D eigenvalue weighted by atomic mass is 10.1. The number of esters is 1. The second-order valence-corrected chi connectivity index (χ2v) is 4.55. The van der Waals surface area contributed by atoms with Crippen LogP contribution < -0.4 is 10.5 Å². The molecule has 3 N–H and O–H groups in total. The third kappa shape index (κ3) is 7.00. The van der Waals surface area contributed by atoms with Crippen LogP contribution in [0.5, 0.6) is 5.75 Å². The van der Waals surface area contributed by atoms with Gasteiger partial charge in [0.25, 0.3) is 0 Å². The number of halogens is 4. The van der Waals surface area contributed by atoms with E-state index in [4.69, 9.17) is 20.4 Å². The zero-order valence-corrected chi connectivity index (χ0v) is 12.6. The fourth-order valence-corrected chi connectivity index (χ4v) is 1.47. The van der Waals surface area contributed by atoms with Gasteiger partial charge in [-0.15, -0.1) is 0 Å². The van der Waals surface area contributed by atoms with E-state index in [1.54, 1.807) is 24.3 Å². The first kappa shape index (κ1) is 20.1. The van der Waals surface area contributed by atoms with Gasteiger partial charge in [0, 0.05) is 12.6 Å². The highest BCUT2D eigenvalue weighted by Gasteiger charge is 2.38. The molecule has 0 heterocycles. The van der Waals surface area contributed by atoms with Crippen molar-refractivity contribution >= 4 is 11.9 Å². The lowest BCUT2D eigenvalue weighted by molar-refractivity contribution is -0.192. The monoisotopic (exact) mass is 359 g/mol. The van der Waals surface area contributed by atoms with Gasteiger partial charge in [0.1, 0.15) is 11.6 Å². The summed E-state index contributed by atoms with van der Waals surface area (Å²) in [6, 6.07) is 12.2. The third-order valence-corrected chi connectivity index (χ3v) is 2.67. The van der Waals surface area contributed by atoms with E-state index in [1.165, 1.54) is 18.2 Å². The molecule has 0 saturated carbocycles. The molecule has 0 radical (unpaired) electrons. The number of rotatable bonds is 3. The molecule has 0 spiro atoms. The highest BCUT2D eigenvalue weighted by Crippen LogP contribution is 2.15. The summed E-state index contributed by atoms with van der Waals surface area (Å²) in [6.45, 7) is 0.416. The quantitative estimate of drug-likeness (QED) is 0.499. The van der Waals surface area contributed by atoms with Gasteiger partial charge in [-0.3, -0.25) is 0 Å². The Hall–Kier alpha value is -2.94. The maximum atomic E-state index is 12.9. The number of nitrogens with two attached hydrogens (primary N) is 1. The second-order valence-electron chi connectivity index (χ2n) is 4.55. The number of benzene rings is 2. The van der Waals surface area contributed by atoms with Gasteiger partial charge in [-0.05, 0) is 29.8 Å². The van der Waals surface area contributed by atoms with Crippen molar-refractivity contribution in [2.75, 3.05) is 0 Å². The van der Waals surface area contributed by atoms with Gasteiger partial charge < -0.3 is 15.6 Å². The molecular weight excluding hydrogens is 346 g/mol. The van der Waals surface area contributed by atoms with E-state index in [0.29, 0.717) is 12.1 Å². The van der Waals surface area contributed by atoms with E-state index < -0.39 is 23.9 Å². The average Bonchev–Trinajstić information content (AvgIpc) is 2.54. The molecule has 0 atom stereocenters. The van der Waals surface area contributed by atoms with Crippen molar-refractivity contribution in [3.63, 3.8) is 0 Å². The first-order valence-electron chi connectivity index (χ1n) is 6.70. The van der Waals surface area contributed by atoms with Crippen LogP contribution in [-0.4, -0.2) is 23.2 Å². The van der Waals surface area contributed by atoms with E-state index in [-0.39, 0.29) is 5.75 Å². The van der Waals surface area contributed by atoms with Gasteiger partial charge in [-0.2, -0.15) is 13.2 Å². The van der Waals surface area contributed by atoms with Gasteiger partial charge in [-0.1, -0.05) is 18.2 Å². The van der Waals surface area contributed by atoms with Crippen molar-refractivity contribution in [2.24, 2.45) is 5.73 Å². The summed E-state index contributed by atoms with van der Waals surface area (Å²) in [5, 5.41) is 7.12. The molecule has 2 rings (SSSR count). The molecule has 25 heavy (non-hydrogen) atoms. The standard InChI is InChI=1S/C14H12FNO2.C2HF3O2/c15-12-2-1-3-13(8-12)18-14(17)11-6-4-10(9-16)5-7-11;3-2(4,5)1(6)7/h1-8H,9,16H2;(H,6,7). The zero-order valence-electron chi connectivity index (χ0n) is 12.6. The van der Waals surface area contributed by atoms with Crippen molar-refractivity contribution < 1.29 is 37.0 Å². The summed E-state index contributed by atoms with van der Waals surface area (Å²) in [7, 11) is 0. The normalized spacial score (nSPS) is 10.4. The number of carboxylic acids is 1. The van der Waals surface area contributed by atoms with Crippen LogP contribution in [0.25, 0.3) is 0 Å². The molecule has 0 bridgehead atoms. The Morgan fingerprint density at radius 3 is 2.08 bits per heavy atom. The molecule has 0 aliphatic heterocycles. The number of alkyl halides is 3. The van der Waals surface area contributed by atoms with Crippen LogP contribution in [0.2, 0.25) is 0 Å². The van der Waals surface area contributed by atoms with E-state index >= 15 is 0 Å². The summed E-state index contributed by atoms with van der Waals surface area (Å²) >= 11 is 0. The molecule has 2 aromatic carbocycles. The molecule has 0 saturated heterocycles. The predicted molar refractivity (Wildman–Crippen MR) is 79.4 cm³/mol. The predicted octanol–water partition coefficient (Wildman–Crippen LogP) is 3.14. The van der Waals surface area contributed by atoms with Crippen molar-refractivity contribution in [3.8, 4) is 5.75 Å². The molecule has 0 aromatic heterocycles. The molecular formula is C16H13F4NO4. The highest BCUT2D eigenvalue weighted by atomic mass is 19.4. The molecule has 0 fully saturated rings. The smallest absolute Gasteiger partial charge is 0.475 e. The molecule has 2 aromatic rings. The van der Waals surface area contributed by atoms with Crippen molar-refractivity contribution in [2.45, 2.75) is 12.7 Å². The number of hydrogen-bond donors (Lipinski definition) is 2. The molecule has 0 unspecified atom stereocenters. The molecule has 9 heteroatoms. The van der Waals surface area contributed by atoms with E-state index in [1.807, 2.05) is 0 Å². The Kier molecular flexibility index (Phi) is 7.06. The maximum Gasteiger partial charge on any atom is 0.490 e. The van der Waals surface area contributed by atoms with Crippen LogP contribution >= 0.6 is 0 Å². The minimum absolute atomic E-state index is 0.183. The number of carboxylic acid groups (broad SMARTS) is 1. The summed E-state index contributed by atoms with van der Waals surface area (Å²) in [6.07, 6.45) is -5.08. The minimum Gasteiger partial charge on any atom is -0.475 e. The Morgan fingerprint density at radius 1 is 1.08 bits per heavy atom. The van der Waals surface area contributed by atoms with Gasteiger partial charge in [0.2, 0.25) is 0 Å². The number of aliphatic carboxylic acids is 1. The van der Waals surface area contributed by atoms with E-state index in [0.717, 1.165) is 11.6 Å². The summed E-state index contributed by atoms with van der Waals surface area (Å²) in [4.78, 5) is 20.6. The van der Waals surface area contributed by atoms with Crippen LogP contribution in [0.1, 0.15) is 15.9 Å². The molecule has 134 valence electrons. The molecule has 0 aliphatic rings. The molecule has 5 nitrogen and oxygen atoms in total. The SMILES string of the molecule is NCc1ccc(C(=O)Oc2cccc(F)c2)cc1.O=C(O)C(F)(F)F. The first-order chi connectivity index (χ1) is 11.6. The van der Waals surface area contributed by atoms with Gasteiger partial charge >= 0.3 is 18.1 Å². The average molecular weight is 359 g/mol. The van der Waals surface area contributed by atoms with Crippen molar-refractivity contribution in [3.05, 3.63) is 65.5 Å². The number of carbonyl (C=O) groups excluding carboxylic acids is 1. The number of ether oxygens (including phenoxy) is 1. The lowest BCUT2D eigenvalue weighted by Crippen LogP contribution is -2.21. The third-order valence-electron chi connectivity index (χ3n) is 2.67. The summed E-state index contributed by atoms with van der Waals surface area (Å²) < 4.78 is 49.7. The topological polar surface area (TPSA) is 89.6 Å². The maximum absolute atomic E-state index is 12.9. The van der Waals surface area contributed by atoms with Crippen LogP contribution in [0, 0.1) is 5.82 Å². The van der Waals surface area contributed by atoms with E-state index in [2.05, 4.69) is 0 Å². The van der Waals surface area contributed by atoms with Crippen LogP contribution in [0.15, 0.2) is 48.5 Å². The fraction of sp³-hybridized carbons (Fsp3) is 0.125. The summed E-state index contributed by atoms with van der Waals surface area (Å²) in [5.74, 6) is -3.54. The zero-order chi connectivity index (χ0) is 19.0. The molecule has 0 aliphatic carbocycles. The van der Waals surface area contributed by atoms with Gasteiger partial charge in [-0.25, -0.2) is 14.0 Å². The van der Waals surface area contributed by atoms with Crippen LogP contribution in [0.4, 0.5) is 17.6 Å². The van der Waals surface area contributed by atoms with Crippen molar-refractivity contribution in [1.82, 2.24) is 0 Å². The van der Waals surface area contributed by atoms with Crippen LogP contribution in [-0.2, 0) is 11.3 Å². The van der Waals surface area contributed by atoms with Gasteiger partial charge in [0.05, 0.1) is 5.56 Å². The molecule has 0 amide bonds. The number of carbonyl (C=O) groups is 2. The Balaban J connectivity index is 0.000000381. The largest absolute Gasteiger partial charge is 0.490 e. The second kappa shape index (κ2) is 8.78. The first-order valence-corrected chi connectivity index (χ1v) is 6.70. The van der Waals surface area contributed by atoms with E-state index in [9.17, 15) is 22.4 Å². The Labute approximate surface area is 139 Å². The fourth-order valence-electron chi connectivity index (χ4n) is 1.47. The minimum atomic E-state index is -5.08. The van der Waals surface area contributed by atoms with Crippen molar-refractivity contribution in [1.29, 1.82) is 0 Å². The Bertz CT molecular complexity index is 730. The Morgan fingerprint density at radius 2 is 1.64 bits per heavy atom. The van der Waals surface area contributed by atoms with Gasteiger partial charge in [0.15, 0.2) is 0 Å². The summed E-state index contributed by atoms with van der Waals surface area (Å²) in [5.41, 5.74) is 6.79. The highest BCUT2D eigenvalue weighted by molar-refractivity contribution is 5.91.